The zero-order chi connectivity index (χ0) is 14.0. The fourth-order valence-electron chi connectivity index (χ4n) is 2.68. The average Bonchev–Trinajstić information content (AvgIpc) is 2.38. The van der Waals surface area contributed by atoms with Crippen LogP contribution in [0.25, 0.3) is 0 Å². The van der Waals surface area contributed by atoms with Gasteiger partial charge in [-0.3, -0.25) is 0 Å². The van der Waals surface area contributed by atoms with Crippen molar-refractivity contribution >= 4 is 20.6 Å². The fraction of sp³-hybridized carbons (Fsp3) is 0.667. The molecule has 1 aliphatic rings. The van der Waals surface area contributed by atoms with Gasteiger partial charge in [-0.1, -0.05) is 13.8 Å². The summed E-state index contributed by atoms with van der Waals surface area (Å²) in [7, 11) is 0. The van der Waals surface area contributed by atoms with E-state index in [1.54, 1.807) is 13.8 Å². The van der Waals surface area contributed by atoms with Crippen molar-refractivity contribution in [1.29, 1.82) is 15.8 Å². The first-order valence-electron chi connectivity index (χ1n) is 5.63. The van der Waals surface area contributed by atoms with Crippen LogP contribution >= 0.6 is 15.9 Å². The molecule has 1 heterocycles. The Hall–Kier alpha value is -1.42. The Morgan fingerprint density at radius 2 is 1.78 bits per heavy atom. The van der Waals surface area contributed by atoms with E-state index in [0.717, 1.165) is 0 Å². The van der Waals surface area contributed by atoms with Gasteiger partial charge in [0.1, 0.15) is 10.5 Å². The molecule has 0 fully saturated rings. The van der Waals surface area contributed by atoms with Gasteiger partial charge in [-0.2, -0.15) is 15.8 Å². The van der Waals surface area contributed by atoms with E-state index in [2.05, 4.69) is 20.9 Å². The Bertz CT molecular complexity index is 476. The molecule has 2 atom stereocenters. The second kappa shape index (κ2) is 5.06. The lowest BCUT2D eigenvalue weighted by molar-refractivity contribution is -0.0462. The fourth-order valence-corrected chi connectivity index (χ4v) is 3.32. The Labute approximate surface area is 114 Å². The largest absolute Gasteiger partial charge is 0.371 e. The first kappa shape index (κ1) is 14.6. The molecule has 0 saturated heterocycles. The lowest BCUT2D eigenvalue weighted by Crippen LogP contribution is -2.55. The van der Waals surface area contributed by atoms with Crippen LogP contribution in [0, 0.1) is 50.7 Å². The van der Waals surface area contributed by atoms with Gasteiger partial charge in [0.25, 0.3) is 0 Å². The van der Waals surface area contributed by atoms with Crippen LogP contribution in [-0.2, 0) is 0 Å². The number of aliphatic imine (C=N–C) groups is 1. The number of halogens is 1. The smallest absolute Gasteiger partial charge is 0.175 e. The zero-order valence-corrected chi connectivity index (χ0v) is 11.8. The molecular weight excluding hydrogens is 296 g/mol. The molecule has 0 radical (unpaired) electrons. The van der Waals surface area contributed by atoms with E-state index in [9.17, 15) is 20.9 Å². The highest BCUT2D eigenvalue weighted by molar-refractivity contribution is 9.18. The third-order valence-corrected chi connectivity index (χ3v) is 4.60. The minimum absolute atomic E-state index is 0.165. The van der Waals surface area contributed by atoms with Crippen LogP contribution in [0.1, 0.15) is 26.7 Å². The lowest BCUT2D eigenvalue weighted by atomic mass is 9.54. The van der Waals surface area contributed by atoms with Crippen molar-refractivity contribution in [2.24, 2.45) is 21.7 Å². The number of hydrogen-bond acceptors (Lipinski definition) is 5. The molecule has 94 valence electrons. The van der Waals surface area contributed by atoms with E-state index < -0.39 is 23.0 Å². The molecule has 1 aliphatic heterocycles. The van der Waals surface area contributed by atoms with Crippen molar-refractivity contribution < 1.29 is 5.11 Å². The van der Waals surface area contributed by atoms with Gasteiger partial charge >= 0.3 is 0 Å². The number of hydrogen-bond donors (Lipinski definition) is 1. The van der Waals surface area contributed by atoms with Crippen molar-refractivity contribution in [1.82, 2.24) is 0 Å². The van der Waals surface area contributed by atoms with Gasteiger partial charge in [0.15, 0.2) is 11.6 Å². The maximum atomic E-state index is 10.2. The molecule has 0 saturated carbocycles. The molecule has 1 rings (SSSR count). The second-order valence-corrected chi connectivity index (χ2v) is 5.09. The Balaban J connectivity index is 3.67. The topological polar surface area (TPSA) is 104 Å². The van der Waals surface area contributed by atoms with Crippen molar-refractivity contribution in [2.75, 3.05) is 0 Å². The summed E-state index contributed by atoms with van der Waals surface area (Å²) in [6.07, 6.45) is -0.368. The summed E-state index contributed by atoms with van der Waals surface area (Å²) in [6, 6.07) is 5.89. The predicted molar refractivity (Wildman–Crippen MR) is 68.1 cm³/mol. The molecule has 0 spiro atoms. The molecule has 6 heteroatoms. The number of aliphatic hydroxyl groups is 1. The minimum Gasteiger partial charge on any atom is -0.371 e. The first-order valence-corrected chi connectivity index (χ1v) is 6.42. The average molecular weight is 309 g/mol. The third-order valence-electron chi connectivity index (χ3n) is 3.94. The molecule has 1 unspecified atom stereocenters. The summed E-state index contributed by atoms with van der Waals surface area (Å²) in [5, 5.41) is 38.3. The standard InChI is InChI=1S/C12H13BrN4O/c1-3-11(4-2)10(18)17-9(13)8(5-14)12(11,6-15)7-16/h8,10,18H,3-4H2,1-2H3/t8?,10-/m0/s1. The van der Waals surface area contributed by atoms with Crippen LogP contribution < -0.4 is 0 Å². The van der Waals surface area contributed by atoms with Crippen LogP contribution in [0.5, 0.6) is 0 Å². The van der Waals surface area contributed by atoms with E-state index in [1.165, 1.54) is 0 Å². The summed E-state index contributed by atoms with van der Waals surface area (Å²) in [4.78, 5) is 3.99. The quantitative estimate of drug-likeness (QED) is 0.843. The van der Waals surface area contributed by atoms with Crippen LogP contribution in [0.4, 0.5) is 0 Å². The third kappa shape index (κ3) is 1.56. The number of nitrogens with zero attached hydrogens (tertiary/aromatic N) is 4. The number of aliphatic hydroxyl groups excluding tert-OH is 1. The van der Waals surface area contributed by atoms with E-state index in [-0.39, 0.29) is 4.62 Å². The molecule has 0 amide bonds. The van der Waals surface area contributed by atoms with E-state index in [4.69, 9.17) is 0 Å². The van der Waals surface area contributed by atoms with Gasteiger partial charge in [0.05, 0.1) is 18.2 Å². The van der Waals surface area contributed by atoms with Crippen molar-refractivity contribution in [3.8, 4) is 18.2 Å². The van der Waals surface area contributed by atoms with Crippen LogP contribution in [0.15, 0.2) is 4.99 Å². The lowest BCUT2D eigenvalue weighted by Gasteiger charge is -2.47. The summed E-state index contributed by atoms with van der Waals surface area (Å²) in [5.74, 6) is -0.976. The van der Waals surface area contributed by atoms with Crippen molar-refractivity contribution in [2.45, 2.75) is 32.9 Å². The van der Waals surface area contributed by atoms with Gasteiger partial charge < -0.3 is 5.11 Å². The van der Waals surface area contributed by atoms with Crippen LogP contribution in [-0.4, -0.2) is 16.0 Å². The number of nitriles is 3. The molecule has 18 heavy (non-hydrogen) atoms. The summed E-state index contributed by atoms with van der Waals surface area (Å²) >= 11 is 3.09. The molecule has 0 aromatic carbocycles. The Morgan fingerprint density at radius 3 is 2.11 bits per heavy atom. The van der Waals surface area contributed by atoms with Crippen molar-refractivity contribution in [3.63, 3.8) is 0 Å². The number of rotatable bonds is 2. The summed E-state index contributed by atoms with van der Waals surface area (Å²) in [5.41, 5.74) is -2.61. The highest BCUT2D eigenvalue weighted by Gasteiger charge is 2.63. The monoisotopic (exact) mass is 308 g/mol. The maximum Gasteiger partial charge on any atom is 0.175 e. The van der Waals surface area contributed by atoms with Crippen molar-refractivity contribution in [3.05, 3.63) is 0 Å². The molecule has 0 aromatic rings. The Kier molecular flexibility index (Phi) is 4.12. The molecule has 5 nitrogen and oxygen atoms in total. The van der Waals surface area contributed by atoms with Crippen LogP contribution in [0.3, 0.4) is 0 Å². The van der Waals surface area contributed by atoms with E-state index in [1.807, 2.05) is 18.2 Å². The zero-order valence-electron chi connectivity index (χ0n) is 10.2. The predicted octanol–water partition coefficient (Wildman–Crippen LogP) is 2.09. The van der Waals surface area contributed by atoms with Gasteiger partial charge in [-0.05, 0) is 28.8 Å². The minimum atomic E-state index is -1.59. The normalized spacial score (nSPS) is 28.4. The Morgan fingerprint density at radius 1 is 1.28 bits per heavy atom. The van der Waals surface area contributed by atoms with E-state index >= 15 is 0 Å². The van der Waals surface area contributed by atoms with Gasteiger partial charge in [0, 0.05) is 5.41 Å². The highest BCUT2D eigenvalue weighted by atomic mass is 79.9. The van der Waals surface area contributed by atoms with E-state index in [0.29, 0.717) is 12.8 Å². The molecule has 0 aromatic heterocycles. The molecule has 1 N–H and O–H groups in total. The van der Waals surface area contributed by atoms with Gasteiger partial charge in [0.2, 0.25) is 0 Å². The molecule has 0 bridgehead atoms. The highest BCUT2D eigenvalue weighted by Crippen LogP contribution is 2.55. The molecular formula is C12H13BrN4O. The van der Waals surface area contributed by atoms with Crippen LogP contribution in [0.2, 0.25) is 0 Å². The first-order chi connectivity index (χ1) is 8.49. The SMILES string of the molecule is CCC1(CC)[C@H](O)N=C(Br)C(C#N)C1(C#N)C#N. The van der Waals surface area contributed by atoms with Gasteiger partial charge in [-0.25, -0.2) is 4.99 Å². The maximum absolute atomic E-state index is 10.2. The summed E-state index contributed by atoms with van der Waals surface area (Å²) in [6.45, 7) is 3.58. The summed E-state index contributed by atoms with van der Waals surface area (Å²) < 4.78 is 0.165. The molecule has 0 aliphatic carbocycles. The van der Waals surface area contributed by atoms with Gasteiger partial charge in [-0.15, -0.1) is 0 Å². The second-order valence-electron chi connectivity index (χ2n) is 4.28.